The van der Waals surface area contributed by atoms with Gasteiger partial charge in [-0.05, 0) is 114 Å². The number of pyridine rings is 1. The number of hydrogen-bond donors (Lipinski definition) is 2. The first kappa shape index (κ1) is 39.0. The highest BCUT2D eigenvalue weighted by Gasteiger charge is 2.26. The molecule has 8 nitrogen and oxygen atoms in total. The molecule has 0 spiro atoms. The van der Waals surface area contributed by atoms with E-state index in [0.29, 0.717) is 43.4 Å². The van der Waals surface area contributed by atoms with Crippen molar-refractivity contribution in [2.45, 2.75) is 49.8 Å². The zero-order valence-corrected chi connectivity index (χ0v) is 32.6. The summed E-state index contributed by atoms with van der Waals surface area (Å²) >= 11 is 0. The average molecular weight is 779 g/mol. The number of carbonyl (C=O) groups is 1. The minimum absolute atomic E-state index is 0.0315. The molecular weight excluding hydrogens is 736 g/mol. The molecule has 3 N–H and O–H groups in total. The van der Waals surface area contributed by atoms with Crippen LogP contribution in [0.15, 0.2) is 145 Å². The van der Waals surface area contributed by atoms with Crippen LogP contribution in [0.25, 0.3) is 11.4 Å². The molecule has 10 heteroatoms. The van der Waals surface area contributed by atoms with Crippen molar-refractivity contribution in [3.8, 4) is 17.1 Å². The molecule has 1 unspecified atom stereocenters. The minimum Gasteiger partial charge on any atom is -0.496 e. The number of rotatable bonds is 15. The van der Waals surface area contributed by atoms with Crippen molar-refractivity contribution in [1.82, 2.24) is 15.0 Å². The lowest BCUT2D eigenvalue weighted by Gasteiger charge is -2.27. The third-order valence-corrected chi connectivity index (χ3v) is 11.2. The van der Waals surface area contributed by atoms with Gasteiger partial charge in [0, 0.05) is 59.4 Å². The number of halogens is 1. The Bertz CT molecular complexity index is 2610. The Morgan fingerprint density at radius 2 is 1.49 bits per heavy atom. The van der Waals surface area contributed by atoms with Crippen LogP contribution < -0.4 is 9.88 Å². The van der Waals surface area contributed by atoms with Crippen molar-refractivity contribution in [3.05, 3.63) is 202 Å². The van der Waals surface area contributed by atoms with E-state index in [1.807, 2.05) is 60.7 Å². The SMILES string of the molecule is COc1c(Cc2ccc(F)cc2)c(Cc2cccc(-c3ncc[nH]3)c2)cc(C(Cc2cccc(C(C)=O)c2)Cc2cccc(S(N)(=O)=O)c2)c1Cc1ccccn1. The van der Waals surface area contributed by atoms with Crippen molar-refractivity contribution >= 4 is 15.8 Å². The number of ketones is 1. The second-order valence-electron chi connectivity index (χ2n) is 14.3. The summed E-state index contributed by atoms with van der Waals surface area (Å²) in [4.78, 5) is 24.9. The highest BCUT2D eigenvalue weighted by atomic mass is 32.2. The molecule has 0 saturated heterocycles. The van der Waals surface area contributed by atoms with Crippen molar-refractivity contribution in [2.24, 2.45) is 5.14 Å². The van der Waals surface area contributed by atoms with E-state index >= 15 is 0 Å². The molecule has 7 aromatic rings. The highest BCUT2D eigenvalue weighted by molar-refractivity contribution is 7.89. The molecule has 1 atom stereocenters. The summed E-state index contributed by atoms with van der Waals surface area (Å²) in [7, 11) is -2.28. The number of nitrogens with one attached hydrogen (secondary N) is 1. The number of Topliss-reactive ketones (excluding diaryl/α,β-unsaturated/α-hetero) is 1. The van der Waals surface area contributed by atoms with Crippen LogP contribution in [0.5, 0.6) is 5.75 Å². The third kappa shape index (κ3) is 9.60. The van der Waals surface area contributed by atoms with Crippen LogP contribution in [-0.4, -0.2) is 36.3 Å². The molecule has 0 aliphatic rings. The van der Waals surface area contributed by atoms with Gasteiger partial charge >= 0.3 is 0 Å². The fraction of sp³-hybridized carbons (Fsp3) is 0.170. The van der Waals surface area contributed by atoms with E-state index in [1.165, 1.54) is 18.2 Å². The van der Waals surface area contributed by atoms with Crippen LogP contribution in [-0.2, 0) is 42.1 Å². The van der Waals surface area contributed by atoms with Crippen LogP contribution >= 0.6 is 0 Å². The molecule has 0 fully saturated rings. The van der Waals surface area contributed by atoms with Crippen molar-refractivity contribution in [3.63, 3.8) is 0 Å². The summed E-state index contributed by atoms with van der Waals surface area (Å²) in [5.74, 6) is 0.914. The van der Waals surface area contributed by atoms with E-state index in [4.69, 9.17) is 14.9 Å². The zero-order valence-electron chi connectivity index (χ0n) is 31.8. The number of methoxy groups -OCH3 is 1. The Labute approximate surface area is 332 Å². The van der Waals surface area contributed by atoms with Crippen molar-refractivity contribution in [2.75, 3.05) is 7.11 Å². The number of carbonyl (C=O) groups excluding carboxylic acids is 1. The third-order valence-electron chi connectivity index (χ3n) is 10.3. The fourth-order valence-corrected chi connectivity index (χ4v) is 8.14. The lowest BCUT2D eigenvalue weighted by Crippen LogP contribution is -2.16. The van der Waals surface area contributed by atoms with Crippen LogP contribution in [0.2, 0.25) is 0 Å². The molecule has 2 aromatic heterocycles. The summed E-state index contributed by atoms with van der Waals surface area (Å²) in [6.07, 6.45) is 7.76. The number of sulfonamides is 1. The van der Waals surface area contributed by atoms with Crippen LogP contribution in [0.4, 0.5) is 4.39 Å². The van der Waals surface area contributed by atoms with E-state index in [2.05, 4.69) is 28.2 Å². The number of ether oxygens (including phenoxy) is 1. The second-order valence-corrected chi connectivity index (χ2v) is 15.8. The number of nitrogens with zero attached hydrogens (tertiary/aromatic N) is 2. The predicted octanol–water partition coefficient (Wildman–Crippen LogP) is 8.81. The maximum absolute atomic E-state index is 14.2. The van der Waals surface area contributed by atoms with Crippen molar-refractivity contribution < 1.29 is 22.3 Å². The summed E-state index contributed by atoms with van der Waals surface area (Å²) in [6, 6.07) is 37.2. The van der Waals surface area contributed by atoms with Gasteiger partial charge in [0.2, 0.25) is 10.0 Å². The predicted molar refractivity (Wildman–Crippen MR) is 220 cm³/mol. The lowest BCUT2D eigenvalue weighted by atomic mass is 9.79. The first-order chi connectivity index (χ1) is 27.5. The van der Waals surface area contributed by atoms with E-state index < -0.39 is 10.0 Å². The van der Waals surface area contributed by atoms with E-state index in [9.17, 15) is 17.6 Å². The van der Waals surface area contributed by atoms with Gasteiger partial charge in [-0.25, -0.2) is 22.9 Å². The van der Waals surface area contributed by atoms with Gasteiger partial charge in [0.15, 0.2) is 5.78 Å². The van der Waals surface area contributed by atoms with Gasteiger partial charge in [-0.1, -0.05) is 72.8 Å². The Hall–Kier alpha value is -6.23. The first-order valence-corrected chi connectivity index (χ1v) is 20.2. The van der Waals surface area contributed by atoms with Crippen molar-refractivity contribution in [1.29, 1.82) is 0 Å². The highest BCUT2D eigenvalue weighted by Crippen LogP contribution is 2.41. The summed E-state index contributed by atoms with van der Waals surface area (Å²) < 4.78 is 45.6. The molecule has 57 heavy (non-hydrogen) atoms. The lowest BCUT2D eigenvalue weighted by molar-refractivity contribution is 0.101. The van der Waals surface area contributed by atoms with E-state index in [1.54, 1.807) is 56.9 Å². The summed E-state index contributed by atoms with van der Waals surface area (Å²) in [5, 5.41) is 5.60. The van der Waals surface area contributed by atoms with Crippen LogP contribution in [0.3, 0.4) is 0 Å². The molecule has 0 saturated carbocycles. The fourth-order valence-electron chi connectivity index (χ4n) is 7.56. The maximum atomic E-state index is 14.2. The molecule has 5 aromatic carbocycles. The van der Waals surface area contributed by atoms with Gasteiger partial charge in [0.05, 0.1) is 12.0 Å². The maximum Gasteiger partial charge on any atom is 0.238 e. The molecule has 7 rings (SSSR count). The van der Waals surface area contributed by atoms with E-state index in [0.717, 1.165) is 61.6 Å². The number of nitrogens with two attached hydrogens (primary N) is 1. The molecule has 2 heterocycles. The number of aromatic amines is 1. The Balaban J connectivity index is 1.46. The number of benzene rings is 5. The Kier molecular flexibility index (Phi) is 11.8. The number of imidazole rings is 1. The number of aromatic nitrogens is 3. The standard InChI is InChI=1S/C47H43FN4O4S/c1-31(53)36-11-5-8-33(22-36)24-38(26-35-10-7-14-42(27-35)57(49,54)55)43-29-39(25-34-9-6-12-37(23-34)47-51-20-21-52-47)44(28-32-15-17-40(48)18-16-32)46(56-2)45(43)30-41-13-3-4-19-50-41/h3-23,27,29,38H,24-26,28,30H2,1-2H3,(H,51,52)(H2,49,54,55). The monoisotopic (exact) mass is 778 g/mol. The first-order valence-electron chi connectivity index (χ1n) is 18.7. The van der Waals surface area contributed by atoms with Crippen LogP contribution in [0, 0.1) is 5.82 Å². The Morgan fingerprint density at radius 1 is 0.754 bits per heavy atom. The molecule has 0 aliphatic heterocycles. The van der Waals surface area contributed by atoms with Gasteiger partial charge in [0.25, 0.3) is 0 Å². The summed E-state index contributed by atoms with van der Waals surface area (Å²) in [6.45, 7) is 1.55. The Morgan fingerprint density at radius 3 is 2.18 bits per heavy atom. The quantitative estimate of drug-likeness (QED) is 0.100. The molecule has 0 radical (unpaired) electrons. The minimum atomic E-state index is -3.95. The number of primary sulfonamides is 1. The second kappa shape index (κ2) is 17.3. The molecule has 0 aliphatic carbocycles. The molecule has 0 amide bonds. The van der Waals surface area contributed by atoms with Gasteiger partial charge in [-0.2, -0.15) is 0 Å². The largest absolute Gasteiger partial charge is 0.496 e. The van der Waals surface area contributed by atoms with E-state index in [-0.39, 0.29) is 22.4 Å². The topological polar surface area (TPSA) is 128 Å². The van der Waals surface area contributed by atoms with Crippen LogP contribution in [0.1, 0.15) is 73.4 Å². The van der Waals surface area contributed by atoms with Gasteiger partial charge in [0.1, 0.15) is 17.4 Å². The van der Waals surface area contributed by atoms with Gasteiger partial charge in [-0.15, -0.1) is 0 Å². The average Bonchev–Trinajstić information content (AvgIpc) is 3.76. The molecule has 0 bridgehead atoms. The molecule has 288 valence electrons. The molecular formula is C47H43FN4O4S. The number of H-pyrrole nitrogens is 1. The zero-order chi connectivity index (χ0) is 39.9. The normalized spacial score (nSPS) is 12.0. The van der Waals surface area contributed by atoms with Gasteiger partial charge in [-0.3, -0.25) is 9.78 Å². The smallest absolute Gasteiger partial charge is 0.238 e. The number of hydrogen-bond acceptors (Lipinski definition) is 6. The summed E-state index contributed by atoms with van der Waals surface area (Å²) in [5.41, 5.74) is 10.1. The van der Waals surface area contributed by atoms with Gasteiger partial charge < -0.3 is 9.72 Å².